The molecule has 0 saturated carbocycles. The minimum atomic E-state index is -1.31. The van der Waals surface area contributed by atoms with Gasteiger partial charge in [-0.05, 0) is 36.8 Å². The minimum absolute atomic E-state index is 0.120. The van der Waals surface area contributed by atoms with Gasteiger partial charge in [0.05, 0.1) is 4.92 Å². The number of nitrogens with one attached hydrogen (secondary N) is 2. The molecule has 0 radical (unpaired) electrons. The molecular weight excluding hydrogens is 388 g/mol. The molecule has 2 aromatic carbocycles. The molecule has 1 aliphatic rings. The van der Waals surface area contributed by atoms with E-state index in [0.29, 0.717) is 16.3 Å². The minimum Gasteiger partial charge on any atom is -0.325 e. The number of amides is 4. The lowest BCUT2D eigenvalue weighted by molar-refractivity contribution is -0.384. The third-order valence-corrected chi connectivity index (χ3v) is 4.61. The molecule has 28 heavy (non-hydrogen) atoms. The van der Waals surface area contributed by atoms with Gasteiger partial charge in [0.15, 0.2) is 0 Å². The molecule has 10 heteroatoms. The lowest BCUT2D eigenvalue weighted by Gasteiger charge is -2.22. The lowest BCUT2D eigenvalue weighted by Crippen LogP contribution is -2.42. The maximum absolute atomic E-state index is 12.8. The normalized spacial score (nSPS) is 18.7. The molecule has 1 aliphatic heterocycles. The molecule has 1 unspecified atom stereocenters. The fourth-order valence-electron chi connectivity index (χ4n) is 2.83. The van der Waals surface area contributed by atoms with Crippen molar-refractivity contribution in [2.24, 2.45) is 0 Å². The average Bonchev–Trinajstić information content (AvgIpc) is 2.86. The van der Waals surface area contributed by atoms with E-state index in [0.717, 1.165) is 4.90 Å². The number of urea groups is 1. The molecule has 2 aromatic rings. The van der Waals surface area contributed by atoms with Gasteiger partial charge in [-0.2, -0.15) is 0 Å². The van der Waals surface area contributed by atoms with Gasteiger partial charge in [0.25, 0.3) is 11.6 Å². The Morgan fingerprint density at radius 2 is 1.79 bits per heavy atom. The Labute approximate surface area is 164 Å². The monoisotopic (exact) mass is 402 g/mol. The summed E-state index contributed by atoms with van der Waals surface area (Å²) in [6.07, 6.45) is 0. The van der Waals surface area contributed by atoms with Crippen molar-refractivity contribution < 1.29 is 19.3 Å². The number of rotatable bonds is 5. The van der Waals surface area contributed by atoms with Crippen LogP contribution in [0, 0.1) is 10.1 Å². The van der Waals surface area contributed by atoms with Gasteiger partial charge in [0.2, 0.25) is 5.91 Å². The summed E-state index contributed by atoms with van der Waals surface area (Å²) in [7, 11) is 0. The number of carbonyl (C=O) groups excluding carboxylic acids is 3. The summed E-state index contributed by atoms with van der Waals surface area (Å²) in [4.78, 5) is 48.2. The number of non-ortho nitro benzene ring substituents is 1. The van der Waals surface area contributed by atoms with Gasteiger partial charge >= 0.3 is 6.03 Å². The molecule has 1 fully saturated rings. The third-order valence-electron chi connectivity index (χ3n) is 4.36. The van der Waals surface area contributed by atoms with Gasteiger partial charge in [0, 0.05) is 22.8 Å². The zero-order chi connectivity index (χ0) is 20.5. The molecule has 0 aliphatic carbocycles. The van der Waals surface area contributed by atoms with E-state index in [-0.39, 0.29) is 5.69 Å². The number of anilines is 1. The molecular formula is C18H15ClN4O5. The van der Waals surface area contributed by atoms with Gasteiger partial charge in [-0.15, -0.1) is 0 Å². The van der Waals surface area contributed by atoms with E-state index in [2.05, 4.69) is 10.6 Å². The van der Waals surface area contributed by atoms with Crippen molar-refractivity contribution in [3.63, 3.8) is 0 Å². The average molecular weight is 403 g/mol. The summed E-state index contributed by atoms with van der Waals surface area (Å²) in [6, 6.07) is 11.0. The Hall–Kier alpha value is -3.46. The van der Waals surface area contributed by atoms with Gasteiger partial charge < -0.3 is 10.6 Å². The van der Waals surface area contributed by atoms with Crippen LogP contribution in [0.25, 0.3) is 0 Å². The highest BCUT2D eigenvalue weighted by atomic mass is 35.5. The molecule has 0 bridgehead atoms. The second-order valence-electron chi connectivity index (χ2n) is 6.31. The molecule has 0 aromatic heterocycles. The number of nitro benzene ring substituents is 1. The Balaban J connectivity index is 1.70. The third kappa shape index (κ3) is 3.65. The number of imide groups is 1. The predicted molar refractivity (Wildman–Crippen MR) is 101 cm³/mol. The van der Waals surface area contributed by atoms with E-state index in [9.17, 15) is 24.5 Å². The standard InChI is InChI=1S/C18H15ClN4O5/c1-18(11-2-4-12(19)5-3-11)16(25)22(17(26)21-18)10-15(24)20-13-6-8-14(9-7-13)23(27)28/h2-9H,10H2,1H3,(H,20,24)(H,21,26). The van der Waals surface area contributed by atoms with Gasteiger partial charge in [-0.1, -0.05) is 23.7 Å². The molecule has 1 heterocycles. The van der Waals surface area contributed by atoms with Crippen LogP contribution < -0.4 is 10.6 Å². The molecule has 3 rings (SSSR count). The van der Waals surface area contributed by atoms with Crippen molar-refractivity contribution in [3.05, 3.63) is 69.2 Å². The summed E-state index contributed by atoms with van der Waals surface area (Å²) in [5, 5.41) is 16.2. The first-order chi connectivity index (χ1) is 13.2. The number of hydrogen-bond acceptors (Lipinski definition) is 5. The predicted octanol–water partition coefficient (Wildman–Crippen LogP) is 2.65. The maximum atomic E-state index is 12.8. The highest BCUT2D eigenvalue weighted by Crippen LogP contribution is 2.29. The molecule has 2 N–H and O–H groups in total. The lowest BCUT2D eigenvalue weighted by atomic mass is 9.92. The van der Waals surface area contributed by atoms with Crippen LogP contribution >= 0.6 is 11.6 Å². The first kappa shape index (κ1) is 19.3. The molecule has 1 atom stereocenters. The van der Waals surface area contributed by atoms with Crippen LogP contribution in [0.2, 0.25) is 5.02 Å². The van der Waals surface area contributed by atoms with Gasteiger partial charge in [-0.3, -0.25) is 24.6 Å². The van der Waals surface area contributed by atoms with Crippen molar-refractivity contribution in [2.45, 2.75) is 12.5 Å². The largest absolute Gasteiger partial charge is 0.325 e. The summed E-state index contributed by atoms with van der Waals surface area (Å²) in [6.45, 7) is 1.05. The first-order valence-electron chi connectivity index (χ1n) is 8.15. The number of nitrogens with zero attached hydrogens (tertiary/aromatic N) is 2. The van der Waals surface area contributed by atoms with Crippen molar-refractivity contribution in [2.75, 3.05) is 11.9 Å². The molecule has 144 valence electrons. The van der Waals surface area contributed by atoms with E-state index in [1.54, 1.807) is 31.2 Å². The second-order valence-corrected chi connectivity index (χ2v) is 6.74. The van der Waals surface area contributed by atoms with Crippen LogP contribution in [0.5, 0.6) is 0 Å². The number of hydrogen-bond donors (Lipinski definition) is 2. The van der Waals surface area contributed by atoms with E-state index in [1.165, 1.54) is 24.3 Å². The number of halogens is 1. The Bertz CT molecular complexity index is 961. The van der Waals surface area contributed by atoms with Gasteiger partial charge in [0.1, 0.15) is 12.1 Å². The highest BCUT2D eigenvalue weighted by molar-refractivity contribution is 6.30. The fourth-order valence-corrected chi connectivity index (χ4v) is 2.96. The van der Waals surface area contributed by atoms with Crippen LogP contribution in [0.1, 0.15) is 12.5 Å². The van der Waals surface area contributed by atoms with E-state index in [1.807, 2.05) is 0 Å². The smallest absolute Gasteiger partial charge is 0.325 e. The topological polar surface area (TPSA) is 122 Å². The van der Waals surface area contributed by atoms with Crippen LogP contribution in [-0.2, 0) is 15.1 Å². The van der Waals surface area contributed by atoms with Crippen LogP contribution in [-0.4, -0.2) is 34.2 Å². The Morgan fingerprint density at radius 3 is 2.36 bits per heavy atom. The molecule has 9 nitrogen and oxygen atoms in total. The number of benzene rings is 2. The zero-order valence-corrected chi connectivity index (χ0v) is 15.4. The van der Waals surface area contributed by atoms with Crippen molar-refractivity contribution >= 4 is 40.8 Å². The SMILES string of the molecule is CC1(c2ccc(Cl)cc2)NC(=O)N(CC(=O)Nc2ccc([N+](=O)[O-])cc2)C1=O. The quantitative estimate of drug-likeness (QED) is 0.452. The Kier molecular flexibility index (Phi) is 5.02. The van der Waals surface area contributed by atoms with Crippen LogP contribution in [0.15, 0.2) is 48.5 Å². The van der Waals surface area contributed by atoms with Crippen LogP contribution in [0.3, 0.4) is 0 Å². The second kappa shape index (κ2) is 7.28. The van der Waals surface area contributed by atoms with E-state index in [4.69, 9.17) is 11.6 Å². The number of carbonyl (C=O) groups is 3. The zero-order valence-electron chi connectivity index (χ0n) is 14.6. The number of nitro groups is 1. The first-order valence-corrected chi connectivity index (χ1v) is 8.53. The maximum Gasteiger partial charge on any atom is 0.325 e. The van der Waals surface area contributed by atoms with Crippen molar-refractivity contribution in [3.8, 4) is 0 Å². The summed E-state index contributed by atoms with van der Waals surface area (Å²) < 4.78 is 0. The Morgan fingerprint density at radius 1 is 1.18 bits per heavy atom. The van der Waals surface area contributed by atoms with E-state index < -0.39 is 34.9 Å². The summed E-state index contributed by atoms with van der Waals surface area (Å²) in [5.74, 6) is -1.18. The highest BCUT2D eigenvalue weighted by Gasteiger charge is 2.49. The molecule has 0 spiro atoms. The van der Waals surface area contributed by atoms with Crippen LogP contribution in [0.4, 0.5) is 16.2 Å². The van der Waals surface area contributed by atoms with E-state index >= 15 is 0 Å². The summed E-state index contributed by atoms with van der Waals surface area (Å²) in [5.41, 5.74) is -0.586. The molecule has 1 saturated heterocycles. The fraction of sp³-hybridized carbons (Fsp3) is 0.167. The van der Waals surface area contributed by atoms with Gasteiger partial charge in [-0.25, -0.2) is 4.79 Å². The van der Waals surface area contributed by atoms with Crippen molar-refractivity contribution in [1.29, 1.82) is 0 Å². The summed E-state index contributed by atoms with van der Waals surface area (Å²) >= 11 is 5.86. The molecule has 4 amide bonds. The van der Waals surface area contributed by atoms with Crippen molar-refractivity contribution in [1.82, 2.24) is 10.2 Å².